The van der Waals surface area contributed by atoms with Crippen LogP contribution in [-0.2, 0) is 0 Å². The predicted octanol–water partition coefficient (Wildman–Crippen LogP) is 3.63. The van der Waals surface area contributed by atoms with Crippen LogP contribution in [0.4, 0.5) is 8.78 Å². The summed E-state index contributed by atoms with van der Waals surface area (Å²) in [6.07, 6.45) is 0. The number of benzene rings is 1. The van der Waals surface area contributed by atoms with Crippen LogP contribution in [0.2, 0.25) is 0 Å². The maximum atomic E-state index is 14.5. The molecule has 1 aliphatic rings. The zero-order valence-electron chi connectivity index (χ0n) is 12.6. The lowest BCUT2D eigenvalue weighted by Crippen LogP contribution is -2.21. The van der Waals surface area contributed by atoms with Crippen molar-refractivity contribution in [2.45, 2.75) is 5.92 Å². The summed E-state index contributed by atoms with van der Waals surface area (Å²) >= 11 is 1.44. The smallest absolute Gasteiger partial charge is 0.244 e. The van der Waals surface area contributed by atoms with E-state index in [2.05, 4.69) is 10.2 Å². The average Bonchev–Trinajstić information content (AvgIpc) is 3.25. The number of hydrogen-bond donors (Lipinski definition) is 2. The van der Waals surface area contributed by atoms with Gasteiger partial charge in [0.25, 0.3) is 0 Å². The van der Waals surface area contributed by atoms with Crippen LogP contribution in [0.5, 0.6) is 5.88 Å². The highest BCUT2D eigenvalue weighted by molar-refractivity contribution is 7.13. The van der Waals surface area contributed by atoms with Crippen molar-refractivity contribution < 1.29 is 13.5 Å². The number of nitrogens with two attached hydrogens (primary N) is 1. The molecule has 3 aromatic rings. The molecule has 124 valence electrons. The Morgan fingerprint density at radius 3 is 2.88 bits per heavy atom. The van der Waals surface area contributed by atoms with Gasteiger partial charge in [-0.3, -0.25) is 5.10 Å². The minimum absolute atomic E-state index is 0.00301. The number of thiophene rings is 1. The van der Waals surface area contributed by atoms with Crippen LogP contribution in [0.15, 0.2) is 47.2 Å². The summed E-state index contributed by atoms with van der Waals surface area (Å²) in [5.41, 5.74) is 6.87. The second-order valence-corrected chi connectivity index (χ2v) is 6.33. The summed E-state index contributed by atoms with van der Waals surface area (Å²) in [5.74, 6) is -2.19. The van der Waals surface area contributed by atoms with E-state index in [1.54, 1.807) is 0 Å². The van der Waals surface area contributed by atoms with Crippen molar-refractivity contribution >= 4 is 11.3 Å². The highest BCUT2D eigenvalue weighted by atomic mass is 32.1. The van der Waals surface area contributed by atoms with E-state index < -0.39 is 17.6 Å². The highest BCUT2D eigenvalue weighted by Crippen LogP contribution is 2.46. The Bertz CT molecular complexity index is 1030. The lowest BCUT2D eigenvalue weighted by Gasteiger charge is -2.24. The molecule has 4 rings (SSSR count). The minimum atomic E-state index is -0.916. The number of halogens is 2. The fourth-order valence-electron chi connectivity index (χ4n) is 2.90. The van der Waals surface area contributed by atoms with Crippen LogP contribution >= 0.6 is 11.3 Å². The van der Waals surface area contributed by atoms with Crippen LogP contribution in [0.1, 0.15) is 17.0 Å². The molecule has 3 heterocycles. The molecule has 3 N–H and O–H groups in total. The Labute approximate surface area is 145 Å². The number of aromatic nitrogens is 2. The van der Waals surface area contributed by atoms with Gasteiger partial charge in [-0.15, -0.1) is 16.4 Å². The third-order valence-electron chi connectivity index (χ3n) is 3.98. The Hall–Kier alpha value is -3.18. The molecule has 2 aromatic heterocycles. The molecular weight excluding hydrogens is 346 g/mol. The topological polar surface area (TPSA) is 87.7 Å². The van der Waals surface area contributed by atoms with Crippen molar-refractivity contribution in [3.63, 3.8) is 0 Å². The van der Waals surface area contributed by atoms with E-state index in [1.807, 2.05) is 23.6 Å². The number of rotatable bonds is 2. The summed E-state index contributed by atoms with van der Waals surface area (Å²) < 4.78 is 33.6. The Morgan fingerprint density at radius 2 is 2.16 bits per heavy atom. The first-order valence-corrected chi connectivity index (χ1v) is 8.12. The molecular formula is C17H10F2N4OS. The number of nitriles is 1. The normalized spacial score (nSPS) is 16.3. The first-order valence-electron chi connectivity index (χ1n) is 7.24. The quantitative estimate of drug-likeness (QED) is 0.734. The zero-order chi connectivity index (χ0) is 17.6. The first kappa shape index (κ1) is 15.4. The van der Waals surface area contributed by atoms with E-state index in [1.165, 1.54) is 11.3 Å². The molecule has 0 spiro atoms. The van der Waals surface area contributed by atoms with E-state index in [0.717, 1.165) is 23.1 Å². The second-order valence-electron chi connectivity index (χ2n) is 5.39. The van der Waals surface area contributed by atoms with E-state index in [9.17, 15) is 14.0 Å². The second kappa shape index (κ2) is 5.72. The summed E-state index contributed by atoms with van der Waals surface area (Å²) in [5, 5.41) is 18.3. The summed E-state index contributed by atoms with van der Waals surface area (Å²) in [4.78, 5) is 0.830. The zero-order valence-corrected chi connectivity index (χ0v) is 13.4. The van der Waals surface area contributed by atoms with Crippen molar-refractivity contribution in [3.8, 4) is 22.5 Å². The number of nitrogens with zero attached hydrogens (tertiary/aromatic N) is 2. The standard InChI is InChI=1S/C17H10F2N4OS/c18-8-3-4-11(19)9(6-8)13-10(7-20)16(21)24-17-14(13)15(22-23-17)12-2-1-5-25-12/h1-6,13H,21H2,(H,22,23)/t13-/m1/s1. The molecule has 8 heteroatoms. The van der Waals surface area contributed by atoms with Crippen LogP contribution in [0.3, 0.4) is 0 Å². The Kier molecular flexibility index (Phi) is 3.51. The van der Waals surface area contributed by atoms with Crippen LogP contribution in [0, 0.1) is 23.0 Å². The van der Waals surface area contributed by atoms with Crippen molar-refractivity contribution in [1.82, 2.24) is 10.2 Å². The molecule has 1 aromatic carbocycles. The molecule has 0 radical (unpaired) electrons. The third kappa shape index (κ3) is 2.37. The highest BCUT2D eigenvalue weighted by Gasteiger charge is 2.37. The molecule has 1 atom stereocenters. The minimum Gasteiger partial charge on any atom is -0.420 e. The maximum Gasteiger partial charge on any atom is 0.244 e. The summed E-state index contributed by atoms with van der Waals surface area (Å²) in [6.45, 7) is 0. The number of fused-ring (bicyclic) bond motifs is 1. The molecule has 0 aliphatic carbocycles. The van der Waals surface area contributed by atoms with E-state index >= 15 is 0 Å². The molecule has 0 amide bonds. The molecule has 0 fully saturated rings. The van der Waals surface area contributed by atoms with Gasteiger partial charge >= 0.3 is 0 Å². The number of allylic oxidation sites excluding steroid dienone is 1. The average molecular weight is 356 g/mol. The number of aromatic amines is 1. The van der Waals surface area contributed by atoms with Crippen LogP contribution in [-0.4, -0.2) is 10.2 Å². The number of nitrogens with one attached hydrogen (secondary N) is 1. The van der Waals surface area contributed by atoms with Gasteiger partial charge in [0.1, 0.15) is 23.3 Å². The largest absolute Gasteiger partial charge is 0.420 e. The Balaban J connectivity index is 2.01. The van der Waals surface area contributed by atoms with Gasteiger partial charge < -0.3 is 10.5 Å². The van der Waals surface area contributed by atoms with Gasteiger partial charge in [-0.2, -0.15) is 5.26 Å². The van der Waals surface area contributed by atoms with E-state index in [0.29, 0.717) is 11.3 Å². The molecule has 25 heavy (non-hydrogen) atoms. The summed E-state index contributed by atoms with van der Waals surface area (Å²) in [7, 11) is 0. The van der Waals surface area contributed by atoms with Crippen molar-refractivity contribution in [1.29, 1.82) is 5.26 Å². The number of H-pyrrole nitrogens is 1. The van der Waals surface area contributed by atoms with Gasteiger partial charge in [-0.05, 0) is 29.6 Å². The van der Waals surface area contributed by atoms with Crippen LogP contribution < -0.4 is 10.5 Å². The molecule has 0 unspecified atom stereocenters. The maximum absolute atomic E-state index is 14.5. The fraction of sp³-hybridized carbons (Fsp3) is 0.0588. The van der Waals surface area contributed by atoms with Gasteiger partial charge in [0, 0.05) is 5.56 Å². The third-order valence-corrected chi connectivity index (χ3v) is 4.86. The first-order chi connectivity index (χ1) is 12.1. The number of hydrogen-bond acceptors (Lipinski definition) is 5. The number of ether oxygens (including phenoxy) is 1. The van der Waals surface area contributed by atoms with Gasteiger partial charge in [0.15, 0.2) is 0 Å². The summed E-state index contributed by atoms with van der Waals surface area (Å²) in [6, 6.07) is 8.76. The molecule has 5 nitrogen and oxygen atoms in total. The lowest BCUT2D eigenvalue weighted by atomic mass is 9.83. The lowest BCUT2D eigenvalue weighted by molar-refractivity contribution is 0.378. The molecule has 0 saturated heterocycles. The monoisotopic (exact) mass is 356 g/mol. The van der Waals surface area contributed by atoms with E-state index in [-0.39, 0.29) is 22.9 Å². The van der Waals surface area contributed by atoms with Gasteiger partial charge in [0.2, 0.25) is 11.8 Å². The molecule has 0 saturated carbocycles. The van der Waals surface area contributed by atoms with Crippen molar-refractivity contribution in [3.05, 3.63) is 69.9 Å². The van der Waals surface area contributed by atoms with Crippen molar-refractivity contribution in [2.24, 2.45) is 5.73 Å². The predicted molar refractivity (Wildman–Crippen MR) is 87.6 cm³/mol. The van der Waals surface area contributed by atoms with Crippen LogP contribution in [0.25, 0.3) is 10.6 Å². The molecule has 1 aliphatic heterocycles. The van der Waals surface area contributed by atoms with Crippen molar-refractivity contribution in [2.75, 3.05) is 0 Å². The Morgan fingerprint density at radius 1 is 1.32 bits per heavy atom. The van der Waals surface area contributed by atoms with E-state index in [4.69, 9.17) is 10.5 Å². The SMILES string of the molecule is N#CC1=C(N)Oc2n[nH]c(-c3cccs3)c2[C@@H]1c1cc(F)ccc1F. The fourth-order valence-corrected chi connectivity index (χ4v) is 3.63. The van der Waals surface area contributed by atoms with Gasteiger partial charge in [0.05, 0.1) is 22.1 Å². The molecule has 0 bridgehead atoms. The van der Waals surface area contributed by atoms with Gasteiger partial charge in [-0.25, -0.2) is 8.78 Å². The van der Waals surface area contributed by atoms with Gasteiger partial charge in [-0.1, -0.05) is 6.07 Å².